The quantitative estimate of drug-likeness (QED) is 0.450. The van der Waals surface area contributed by atoms with E-state index in [0.29, 0.717) is 23.5 Å². The number of benzene rings is 2. The number of ether oxygens (including phenoxy) is 1. The molecule has 3 aromatic rings. The lowest BCUT2D eigenvalue weighted by Gasteiger charge is -2.32. The van der Waals surface area contributed by atoms with Gasteiger partial charge in [-0.25, -0.2) is 0 Å². The number of rotatable bonds is 7. The Morgan fingerprint density at radius 2 is 1.73 bits per heavy atom. The second-order valence-corrected chi connectivity index (χ2v) is 10.2. The first-order valence-corrected chi connectivity index (χ1v) is 12.5. The Balaban J connectivity index is 1.55. The van der Waals surface area contributed by atoms with E-state index in [1.807, 2.05) is 78.8 Å². The van der Waals surface area contributed by atoms with Gasteiger partial charge < -0.3 is 9.64 Å². The summed E-state index contributed by atoms with van der Waals surface area (Å²) < 4.78 is 8.18. The molecule has 0 radical (unpaired) electrons. The Bertz CT molecular complexity index is 1070. The van der Waals surface area contributed by atoms with E-state index in [0.717, 1.165) is 48.5 Å². The normalized spacial score (nSPS) is 15.5. The highest BCUT2D eigenvalue weighted by Gasteiger charge is 2.27. The van der Waals surface area contributed by atoms with Gasteiger partial charge in [-0.1, -0.05) is 55.1 Å². The van der Waals surface area contributed by atoms with Gasteiger partial charge in [-0.05, 0) is 62.8 Å². The lowest BCUT2D eigenvalue weighted by atomic mass is 9.99. The molecule has 0 bridgehead atoms. The minimum Gasteiger partial charge on any atom is -0.485 e. The number of aromatic nitrogens is 3. The van der Waals surface area contributed by atoms with E-state index < -0.39 is 0 Å². The molecule has 1 fully saturated rings. The topological polar surface area (TPSA) is 60.3 Å². The smallest absolute Gasteiger partial charge is 0.235 e. The van der Waals surface area contributed by atoms with E-state index in [2.05, 4.69) is 17.1 Å². The van der Waals surface area contributed by atoms with Crippen LogP contribution >= 0.6 is 11.8 Å². The van der Waals surface area contributed by atoms with Crippen molar-refractivity contribution in [2.24, 2.45) is 5.92 Å². The molecule has 6 nitrogen and oxygen atoms in total. The fourth-order valence-electron chi connectivity index (χ4n) is 4.16. The molecule has 0 saturated carbocycles. The van der Waals surface area contributed by atoms with Gasteiger partial charge in [0.05, 0.1) is 5.25 Å². The lowest BCUT2D eigenvalue weighted by molar-refractivity contribution is -0.131. The number of aryl methyl sites for hydroxylation is 2. The van der Waals surface area contributed by atoms with Gasteiger partial charge in [0.1, 0.15) is 12.4 Å². The van der Waals surface area contributed by atoms with Crippen LogP contribution in [0.1, 0.15) is 43.6 Å². The highest BCUT2D eigenvalue weighted by atomic mass is 32.2. The van der Waals surface area contributed by atoms with Gasteiger partial charge in [0.2, 0.25) is 5.91 Å². The number of hydrogen-bond donors (Lipinski definition) is 0. The highest BCUT2D eigenvalue weighted by Crippen LogP contribution is 2.29. The molecule has 7 heteroatoms. The maximum absolute atomic E-state index is 13.1. The van der Waals surface area contributed by atoms with Crippen molar-refractivity contribution in [2.45, 2.75) is 57.5 Å². The molecule has 174 valence electrons. The zero-order valence-corrected chi connectivity index (χ0v) is 20.6. The van der Waals surface area contributed by atoms with Crippen LogP contribution in [0.4, 0.5) is 0 Å². The lowest BCUT2D eigenvalue weighted by Crippen LogP contribution is -2.41. The van der Waals surface area contributed by atoms with E-state index >= 15 is 0 Å². The predicted molar refractivity (Wildman–Crippen MR) is 132 cm³/mol. The van der Waals surface area contributed by atoms with E-state index in [-0.39, 0.29) is 11.2 Å². The van der Waals surface area contributed by atoms with Crippen molar-refractivity contribution < 1.29 is 9.53 Å². The monoisotopic (exact) mass is 464 g/mol. The predicted octanol–water partition coefficient (Wildman–Crippen LogP) is 5.20. The number of likely N-dealkylation sites (tertiary alicyclic amines) is 1. The maximum atomic E-state index is 13.1. The number of amides is 1. The fourth-order valence-corrected chi connectivity index (χ4v) is 5.13. The Labute approximate surface area is 200 Å². The van der Waals surface area contributed by atoms with Gasteiger partial charge >= 0.3 is 0 Å². The molecular weight excluding hydrogens is 432 g/mol. The summed E-state index contributed by atoms with van der Waals surface area (Å²) in [6, 6.07) is 16.1. The molecule has 1 aromatic heterocycles. The number of piperidine rings is 1. The number of carbonyl (C=O) groups is 1. The van der Waals surface area contributed by atoms with Crippen molar-refractivity contribution in [1.29, 1.82) is 0 Å². The molecule has 33 heavy (non-hydrogen) atoms. The van der Waals surface area contributed by atoms with Gasteiger partial charge in [-0.15, -0.1) is 10.2 Å². The summed E-state index contributed by atoms with van der Waals surface area (Å²) in [5.74, 6) is 2.44. The van der Waals surface area contributed by atoms with Gasteiger partial charge in [-0.3, -0.25) is 9.36 Å². The van der Waals surface area contributed by atoms with Gasteiger partial charge in [0.15, 0.2) is 11.0 Å². The number of hydrogen-bond acceptors (Lipinski definition) is 5. The molecule has 2 aromatic carbocycles. The van der Waals surface area contributed by atoms with Crippen LogP contribution in [0, 0.1) is 19.8 Å². The average molecular weight is 465 g/mol. The molecule has 0 N–H and O–H groups in total. The van der Waals surface area contributed by atoms with Crippen LogP contribution in [0.3, 0.4) is 0 Å². The van der Waals surface area contributed by atoms with Gasteiger partial charge in [-0.2, -0.15) is 0 Å². The molecular formula is C26H32N4O2S. The third-order valence-electron chi connectivity index (χ3n) is 6.19. The first kappa shape index (κ1) is 23.4. The first-order chi connectivity index (χ1) is 15.9. The van der Waals surface area contributed by atoms with Crippen LogP contribution in [0.2, 0.25) is 0 Å². The van der Waals surface area contributed by atoms with E-state index in [4.69, 9.17) is 4.74 Å². The molecule has 1 amide bonds. The molecule has 1 unspecified atom stereocenters. The van der Waals surface area contributed by atoms with Crippen molar-refractivity contribution in [3.8, 4) is 11.4 Å². The minimum absolute atomic E-state index is 0.169. The summed E-state index contributed by atoms with van der Waals surface area (Å²) in [7, 11) is 0. The van der Waals surface area contributed by atoms with Crippen LogP contribution in [-0.4, -0.2) is 43.9 Å². The third-order valence-corrected chi connectivity index (χ3v) is 7.22. The minimum atomic E-state index is -0.238. The number of thioether (sulfide) groups is 1. The van der Waals surface area contributed by atoms with Crippen LogP contribution in [0.25, 0.3) is 5.69 Å². The van der Waals surface area contributed by atoms with Crippen molar-refractivity contribution in [3.63, 3.8) is 0 Å². The Morgan fingerprint density at radius 1 is 1.06 bits per heavy atom. The largest absolute Gasteiger partial charge is 0.485 e. The molecule has 1 aliphatic rings. The molecule has 2 heterocycles. The summed E-state index contributed by atoms with van der Waals surface area (Å²) >= 11 is 1.46. The SMILES string of the molecule is Cc1cccc(C)c1OCc1nnc(SC(C)C(=O)N2CCC(C)CC2)n1-c1ccccc1. The van der Waals surface area contributed by atoms with Gasteiger partial charge in [0.25, 0.3) is 0 Å². The fraction of sp³-hybridized carbons (Fsp3) is 0.423. The first-order valence-electron chi connectivity index (χ1n) is 11.6. The molecule has 1 atom stereocenters. The Hall–Kier alpha value is -2.80. The number of para-hydroxylation sites is 2. The summed E-state index contributed by atoms with van der Waals surface area (Å²) in [6.07, 6.45) is 2.15. The average Bonchev–Trinajstić information content (AvgIpc) is 3.21. The van der Waals surface area contributed by atoms with Gasteiger partial charge in [0, 0.05) is 18.8 Å². The zero-order valence-electron chi connectivity index (χ0n) is 19.8. The molecule has 1 saturated heterocycles. The van der Waals surface area contributed by atoms with E-state index in [9.17, 15) is 4.79 Å². The molecule has 1 aliphatic heterocycles. The standard InChI is InChI=1S/C26H32N4O2S/c1-18-13-15-29(16-14-18)25(31)21(4)33-26-28-27-23(30(26)22-11-6-5-7-12-22)17-32-24-19(2)9-8-10-20(24)3/h5-12,18,21H,13-17H2,1-4H3. The summed E-state index contributed by atoms with van der Waals surface area (Å²) in [5.41, 5.74) is 3.13. The van der Waals surface area contributed by atoms with E-state index in [1.165, 1.54) is 11.8 Å². The maximum Gasteiger partial charge on any atom is 0.235 e. The third kappa shape index (κ3) is 5.41. The summed E-state index contributed by atoms with van der Waals surface area (Å²) in [6.45, 7) is 10.3. The second kappa shape index (κ2) is 10.4. The summed E-state index contributed by atoms with van der Waals surface area (Å²) in [5, 5.41) is 9.36. The molecule has 0 spiro atoms. The van der Waals surface area contributed by atoms with E-state index in [1.54, 1.807) is 0 Å². The highest BCUT2D eigenvalue weighted by molar-refractivity contribution is 8.00. The van der Waals surface area contributed by atoms with Crippen LogP contribution in [0.15, 0.2) is 53.7 Å². The zero-order chi connectivity index (χ0) is 23.4. The molecule has 0 aliphatic carbocycles. The molecule has 4 rings (SSSR count). The van der Waals surface area contributed by atoms with Crippen molar-refractivity contribution in [1.82, 2.24) is 19.7 Å². The van der Waals surface area contributed by atoms with Crippen LogP contribution in [-0.2, 0) is 11.4 Å². The van der Waals surface area contributed by atoms with Crippen molar-refractivity contribution >= 4 is 17.7 Å². The summed E-state index contributed by atoms with van der Waals surface area (Å²) in [4.78, 5) is 15.1. The van der Waals surface area contributed by atoms with Crippen LogP contribution < -0.4 is 4.74 Å². The van der Waals surface area contributed by atoms with Crippen molar-refractivity contribution in [2.75, 3.05) is 13.1 Å². The number of nitrogens with zero attached hydrogens (tertiary/aromatic N) is 4. The second-order valence-electron chi connectivity index (χ2n) is 8.85. The Morgan fingerprint density at radius 3 is 2.39 bits per heavy atom. The Kier molecular flexibility index (Phi) is 7.38. The van der Waals surface area contributed by atoms with Crippen LogP contribution in [0.5, 0.6) is 5.75 Å². The van der Waals surface area contributed by atoms with Crippen molar-refractivity contribution in [3.05, 3.63) is 65.5 Å². The number of carbonyl (C=O) groups excluding carboxylic acids is 1.